The number of Topliss-reactive ketones (excluding diaryl/α,β-unsaturated/α-hetero) is 1. The van der Waals surface area contributed by atoms with E-state index in [0.29, 0.717) is 12.2 Å². The summed E-state index contributed by atoms with van der Waals surface area (Å²) in [7, 11) is 0. The second kappa shape index (κ2) is 7.56. The number of ketones is 1. The Balaban J connectivity index is 1.43. The lowest BCUT2D eigenvalue weighted by molar-refractivity contribution is 0.0312. The Bertz CT molecular complexity index is 954. The molecule has 3 aromatic rings. The third-order valence-corrected chi connectivity index (χ3v) is 5.10. The molecule has 4 rings (SSSR count). The van der Waals surface area contributed by atoms with Crippen molar-refractivity contribution in [3.8, 4) is 0 Å². The average molecular weight is 365 g/mol. The van der Waals surface area contributed by atoms with Crippen LogP contribution in [0.15, 0.2) is 48.7 Å². The summed E-state index contributed by atoms with van der Waals surface area (Å²) >= 11 is 0. The predicted molar refractivity (Wildman–Crippen MR) is 102 cm³/mol. The molecule has 0 spiro atoms. The topological polar surface area (TPSA) is 109 Å². The van der Waals surface area contributed by atoms with Gasteiger partial charge < -0.3 is 16.2 Å². The molecule has 1 heterocycles. The van der Waals surface area contributed by atoms with E-state index in [4.69, 9.17) is 16.2 Å². The fourth-order valence-corrected chi connectivity index (χ4v) is 3.57. The lowest BCUT2D eigenvalue weighted by atomic mass is 10.0. The van der Waals surface area contributed by atoms with Crippen LogP contribution in [-0.4, -0.2) is 39.0 Å². The summed E-state index contributed by atoms with van der Waals surface area (Å²) in [6.45, 7) is 0.427. The Kier molecular flexibility index (Phi) is 4.98. The zero-order valence-electron chi connectivity index (χ0n) is 15.0. The molecule has 27 heavy (non-hydrogen) atoms. The van der Waals surface area contributed by atoms with E-state index in [1.54, 1.807) is 10.9 Å². The summed E-state index contributed by atoms with van der Waals surface area (Å²) in [6, 6.07) is 13.7. The van der Waals surface area contributed by atoms with Gasteiger partial charge in [0.1, 0.15) is 6.54 Å². The lowest BCUT2D eigenvalue weighted by Gasteiger charge is -2.16. The number of hydrogen-bond donors (Lipinski definition) is 2. The highest BCUT2D eigenvalue weighted by Gasteiger charge is 2.30. The zero-order chi connectivity index (χ0) is 18.8. The van der Waals surface area contributed by atoms with E-state index in [1.165, 1.54) is 0 Å². The lowest BCUT2D eigenvalue weighted by Crippen LogP contribution is -2.31. The van der Waals surface area contributed by atoms with Crippen LogP contribution in [0.2, 0.25) is 0 Å². The molecule has 1 aliphatic rings. The minimum atomic E-state index is -0.0699. The van der Waals surface area contributed by atoms with Crippen LogP contribution in [0.1, 0.15) is 28.9 Å². The van der Waals surface area contributed by atoms with Gasteiger partial charge in [-0.25, -0.2) is 4.68 Å². The molecule has 1 fully saturated rings. The van der Waals surface area contributed by atoms with E-state index in [2.05, 4.69) is 10.3 Å². The van der Waals surface area contributed by atoms with Crippen LogP contribution >= 0.6 is 0 Å². The fraction of sp³-hybridized carbons (Fsp3) is 0.350. The largest absolute Gasteiger partial charge is 0.370 e. The number of rotatable bonds is 6. The number of nitrogens with zero attached hydrogens (tertiary/aromatic N) is 3. The highest BCUT2D eigenvalue weighted by molar-refractivity contribution is 5.99. The minimum Gasteiger partial charge on any atom is -0.370 e. The SMILES string of the molecule is N[C@H]1C[C@@H](N)[C@H](OCc2cnnn2CC(=O)c2ccc3ccccc3c2)C1. The molecule has 0 amide bonds. The van der Waals surface area contributed by atoms with Gasteiger partial charge in [0.25, 0.3) is 0 Å². The first-order chi connectivity index (χ1) is 13.1. The molecule has 3 atom stereocenters. The maximum Gasteiger partial charge on any atom is 0.184 e. The summed E-state index contributed by atoms with van der Waals surface area (Å²) in [4.78, 5) is 12.7. The predicted octanol–water partition coefficient (Wildman–Crippen LogP) is 1.65. The Labute approximate surface area is 157 Å². The number of fused-ring (bicyclic) bond motifs is 1. The highest BCUT2D eigenvalue weighted by atomic mass is 16.5. The van der Waals surface area contributed by atoms with Crippen molar-refractivity contribution >= 4 is 16.6 Å². The van der Waals surface area contributed by atoms with E-state index in [9.17, 15) is 4.79 Å². The summed E-state index contributed by atoms with van der Waals surface area (Å²) in [5, 5.41) is 10.1. The van der Waals surface area contributed by atoms with Crippen molar-refractivity contribution in [1.29, 1.82) is 0 Å². The Hall–Kier alpha value is -2.61. The molecule has 0 bridgehead atoms. The van der Waals surface area contributed by atoms with Crippen molar-refractivity contribution in [2.75, 3.05) is 0 Å². The molecule has 7 heteroatoms. The van der Waals surface area contributed by atoms with Gasteiger partial charge in [0.05, 0.1) is 24.6 Å². The van der Waals surface area contributed by atoms with Gasteiger partial charge in [-0.15, -0.1) is 5.10 Å². The summed E-state index contributed by atoms with van der Waals surface area (Å²) in [5.41, 5.74) is 13.4. The number of carbonyl (C=O) groups excluding carboxylic acids is 1. The van der Waals surface area contributed by atoms with Crippen molar-refractivity contribution in [3.63, 3.8) is 0 Å². The van der Waals surface area contributed by atoms with Crippen LogP contribution in [0.5, 0.6) is 0 Å². The van der Waals surface area contributed by atoms with E-state index < -0.39 is 0 Å². The number of carbonyl (C=O) groups is 1. The van der Waals surface area contributed by atoms with E-state index in [0.717, 1.165) is 29.3 Å². The fourth-order valence-electron chi connectivity index (χ4n) is 3.57. The molecule has 4 N–H and O–H groups in total. The third kappa shape index (κ3) is 3.90. The molecule has 0 saturated heterocycles. The average Bonchev–Trinajstić information content (AvgIpc) is 3.24. The molecule has 0 radical (unpaired) electrons. The standard InChI is InChI=1S/C20H23N5O2/c21-16-8-18(22)20(9-16)27-12-17-10-23-24-25(17)11-19(26)15-6-5-13-3-1-2-4-14(13)7-15/h1-7,10,16,18,20H,8-9,11-12,21-22H2/t16-,18+,20+/m0/s1. The zero-order valence-corrected chi connectivity index (χ0v) is 15.0. The molecule has 1 aliphatic carbocycles. The number of hydrogen-bond acceptors (Lipinski definition) is 6. The van der Waals surface area contributed by atoms with Gasteiger partial charge in [-0.05, 0) is 29.7 Å². The van der Waals surface area contributed by atoms with Crippen molar-refractivity contribution in [3.05, 3.63) is 59.9 Å². The van der Waals surface area contributed by atoms with Gasteiger partial charge >= 0.3 is 0 Å². The quantitative estimate of drug-likeness (QED) is 0.643. The van der Waals surface area contributed by atoms with Crippen molar-refractivity contribution in [1.82, 2.24) is 15.0 Å². The smallest absolute Gasteiger partial charge is 0.184 e. The highest BCUT2D eigenvalue weighted by Crippen LogP contribution is 2.21. The second-order valence-corrected chi connectivity index (χ2v) is 7.11. The maximum absolute atomic E-state index is 12.7. The number of ether oxygens (including phenoxy) is 1. The van der Waals surface area contributed by atoms with Crippen LogP contribution in [0.25, 0.3) is 10.8 Å². The molecule has 0 aliphatic heterocycles. The summed E-state index contributed by atoms with van der Waals surface area (Å²) in [6.07, 6.45) is 3.06. The van der Waals surface area contributed by atoms with Crippen LogP contribution in [0.3, 0.4) is 0 Å². The number of aromatic nitrogens is 3. The number of nitrogens with two attached hydrogens (primary N) is 2. The molecule has 140 valence electrons. The first-order valence-corrected chi connectivity index (χ1v) is 9.12. The summed E-state index contributed by atoms with van der Waals surface area (Å²) in [5.74, 6) is -0.0212. The van der Waals surface area contributed by atoms with Gasteiger partial charge in [-0.3, -0.25) is 4.79 Å². The maximum atomic E-state index is 12.7. The van der Waals surface area contributed by atoms with Crippen molar-refractivity contribution in [2.45, 2.75) is 44.2 Å². The second-order valence-electron chi connectivity index (χ2n) is 7.11. The van der Waals surface area contributed by atoms with Gasteiger partial charge in [0.2, 0.25) is 0 Å². The molecule has 2 aromatic carbocycles. The van der Waals surface area contributed by atoms with E-state index in [-0.39, 0.29) is 30.5 Å². The van der Waals surface area contributed by atoms with E-state index >= 15 is 0 Å². The van der Waals surface area contributed by atoms with Crippen molar-refractivity contribution in [2.24, 2.45) is 11.5 Å². The van der Waals surface area contributed by atoms with Gasteiger partial charge in [-0.1, -0.05) is 41.6 Å². The van der Waals surface area contributed by atoms with Gasteiger partial charge in [-0.2, -0.15) is 0 Å². The van der Waals surface area contributed by atoms with Crippen molar-refractivity contribution < 1.29 is 9.53 Å². The van der Waals surface area contributed by atoms with Crippen LogP contribution in [0.4, 0.5) is 0 Å². The first kappa shape index (κ1) is 17.8. The van der Waals surface area contributed by atoms with E-state index in [1.807, 2.05) is 42.5 Å². The normalized spacial score (nSPS) is 22.4. The molecule has 7 nitrogen and oxygen atoms in total. The molecule has 1 aromatic heterocycles. The minimum absolute atomic E-state index is 0.0212. The molecule has 0 unspecified atom stereocenters. The summed E-state index contributed by atoms with van der Waals surface area (Å²) < 4.78 is 7.48. The third-order valence-electron chi connectivity index (χ3n) is 5.10. The Morgan fingerprint density at radius 3 is 2.74 bits per heavy atom. The van der Waals surface area contributed by atoms with Gasteiger partial charge in [0.15, 0.2) is 5.78 Å². The number of benzene rings is 2. The van der Waals surface area contributed by atoms with Crippen LogP contribution in [-0.2, 0) is 17.9 Å². The first-order valence-electron chi connectivity index (χ1n) is 9.12. The Morgan fingerprint density at radius 2 is 1.96 bits per heavy atom. The van der Waals surface area contributed by atoms with Gasteiger partial charge in [0, 0.05) is 17.6 Å². The molecule has 1 saturated carbocycles. The Morgan fingerprint density at radius 1 is 1.15 bits per heavy atom. The van der Waals surface area contributed by atoms with Crippen LogP contribution < -0.4 is 11.5 Å². The van der Waals surface area contributed by atoms with Crippen LogP contribution in [0, 0.1) is 0 Å². The molecular weight excluding hydrogens is 342 g/mol. The molecular formula is C20H23N5O2. The monoisotopic (exact) mass is 365 g/mol.